The Balaban J connectivity index is 0.000000328. The molecule has 2 aromatic rings. The van der Waals surface area contributed by atoms with Gasteiger partial charge in [-0.3, -0.25) is 47.9 Å². The standard InChI is InChI=1S/C46H58O10.C10H14O8.C4H4O3.C2H6O2/c1-45-21-19-33-31-9-5-29(25-27(31)3-7-35(33)37(45)11-13-39(45)47)55-43(51)17-15-41(49)53-23-24-54-42(50)16-18-44(52)56-30-6-10-32-28(26-30)4-8-36-34(32)20-22-46(2)38(36)12-14-40(46)48;11-7(12)1-3-9(15)17-5-6-18-10(16)4-2-8(13)14;5-3-1-2-4(6)7-3;3-1-2-4/h5-6,9-10,25-26,33-40,47-48H,3-4,7-8,11-24H2,1-2H3;1-6H2,(H,11,12)(H,13,14);1-2H2;3-4H,1-2H2/t33?,34?,35?,36?,37?,38?,39-,40-,45-,46-;;;/m0.../s1. The number of carboxylic acids is 2. The number of rotatable bonds is 21. The zero-order chi connectivity index (χ0) is 61.8. The number of cyclic esters (lactones) is 2. The van der Waals surface area contributed by atoms with Gasteiger partial charge in [-0.1, -0.05) is 26.0 Å². The molecule has 23 heteroatoms. The Morgan fingerprint density at radius 1 is 0.471 bits per heavy atom. The molecule has 0 aromatic heterocycles. The van der Waals surface area contributed by atoms with Gasteiger partial charge in [-0.2, -0.15) is 0 Å². The molecule has 6 unspecified atom stereocenters. The van der Waals surface area contributed by atoms with E-state index in [1.54, 1.807) is 0 Å². The van der Waals surface area contributed by atoms with Gasteiger partial charge in [0.2, 0.25) is 0 Å². The number of hydrogen-bond acceptors (Lipinski definition) is 21. The summed E-state index contributed by atoms with van der Waals surface area (Å²) in [6, 6.07) is 11.8. The van der Waals surface area contributed by atoms with Crippen molar-refractivity contribution in [2.45, 2.75) is 179 Å². The summed E-state index contributed by atoms with van der Waals surface area (Å²) < 4.78 is 34.6. The molecule has 4 saturated carbocycles. The number of fused-ring (bicyclic) bond motifs is 10. The van der Waals surface area contributed by atoms with Crippen LogP contribution in [0.5, 0.6) is 11.5 Å². The highest BCUT2D eigenvalue weighted by atomic mass is 16.6. The molecule has 6 N–H and O–H groups in total. The molecule has 6 aliphatic carbocycles. The zero-order valence-electron chi connectivity index (χ0n) is 48.5. The molecule has 10 atom stereocenters. The Hall–Kier alpha value is -6.82. The summed E-state index contributed by atoms with van der Waals surface area (Å²) in [6.45, 7) is 3.61. The Morgan fingerprint density at radius 2 is 0.812 bits per heavy atom. The number of aliphatic hydroxyl groups is 4. The van der Waals surface area contributed by atoms with Crippen LogP contribution in [0.15, 0.2) is 36.4 Å². The summed E-state index contributed by atoms with van der Waals surface area (Å²) >= 11 is 0. The maximum Gasteiger partial charge on any atom is 0.314 e. The minimum absolute atomic E-state index is 0.0349. The highest BCUT2D eigenvalue weighted by Gasteiger charge is 2.56. The van der Waals surface area contributed by atoms with Crippen LogP contribution in [0.3, 0.4) is 0 Å². The van der Waals surface area contributed by atoms with Crippen LogP contribution in [0.4, 0.5) is 0 Å². The number of aliphatic carboxylic acids is 2. The number of hydrogen-bond donors (Lipinski definition) is 6. The molecule has 85 heavy (non-hydrogen) atoms. The van der Waals surface area contributed by atoms with Gasteiger partial charge < -0.3 is 63.8 Å². The molecule has 0 spiro atoms. The van der Waals surface area contributed by atoms with Crippen molar-refractivity contribution in [1.29, 1.82) is 0 Å². The SMILES string of the molecule is C[C@]12CCC3c4ccc(OC(=O)CCC(=O)OCCOC(=O)CCC(=O)Oc5ccc6c(c5)CCC5C6CC[C@@]6(C)C5CC[C@@H]6O)cc4CCC3C1CC[C@@H]2O.O=C(O)CCC(=O)OCCOC(=O)CCC(=O)O.O=C1CCC(=O)O1.OCCO. The van der Waals surface area contributed by atoms with Gasteiger partial charge in [0.25, 0.3) is 0 Å². The molecule has 5 fully saturated rings. The minimum atomic E-state index is -1.10. The van der Waals surface area contributed by atoms with Crippen molar-refractivity contribution < 1.29 is 112 Å². The molecular formula is C62H82O23. The molecule has 0 bridgehead atoms. The zero-order valence-corrected chi connectivity index (χ0v) is 48.5. The largest absolute Gasteiger partial charge is 0.481 e. The minimum Gasteiger partial charge on any atom is -0.481 e. The van der Waals surface area contributed by atoms with E-state index in [1.807, 2.05) is 24.3 Å². The quantitative estimate of drug-likeness (QED) is 0.0278. The Morgan fingerprint density at radius 3 is 1.13 bits per heavy atom. The normalized spacial score (nSPS) is 26.2. The maximum atomic E-state index is 12.6. The first-order valence-electron chi connectivity index (χ1n) is 29.6. The van der Waals surface area contributed by atoms with Gasteiger partial charge in [-0.25, -0.2) is 0 Å². The number of carboxylic acid groups (broad SMARTS) is 2. The molecule has 2 aromatic carbocycles. The van der Waals surface area contributed by atoms with Crippen LogP contribution in [0.2, 0.25) is 0 Å². The average Bonchev–Trinajstić information content (AvgIpc) is 1.86. The lowest BCUT2D eigenvalue weighted by Crippen LogP contribution is -2.43. The third-order valence-electron chi connectivity index (χ3n) is 18.0. The van der Waals surface area contributed by atoms with Crippen LogP contribution in [0.1, 0.15) is 176 Å². The van der Waals surface area contributed by atoms with E-state index in [1.165, 1.54) is 22.3 Å². The van der Waals surface area contributed by atoms with E-state index in [4.69, 9.17) is 39.4 Å². The molecule has 1 heterocycles. The van der Waals surface area contributed by atoms with Crippen molar-refractivity contribution in [1.82, 2.24) is 0 Å². The molecule has 9 rings (SSSR count). The summed E-state index contributed by atoms with van der Waals surface area (Å²) in [4.78, 5) is 112. The first-order chi connectivity index (χ1) is 40.5. The van der Waals surface area contributed by atoms with Crippen molar-refractivity contribution >= 4 is 59.7 Å². The van der Waals surface area contributed by atoms with Crippen molar-refractivity contribution in [2.24, 2.45) is 34.5 Å². The molecular weight excluding hydrogens is 1110 g/mol. The van der Waals surface area contributed by atoms with Gasteiger partial charge in [-0.05, 0) is 170 Å². The summed E-state index contributed by atoms with van der Waals surface area (Å²) in [5.74, 6) is -2.42. The predicted molar refractivity (Wildman–Crippen MR) is 296 cm³/mol. The predicted octanol–water partition coefficient (Wildman–Crippen LogP) is 5.90. The average molecular weight is 1200 g/mol. The Labute approximate surface area is 493 Å². The lowest BCUT2D eigenvalue weighted by molar-refractivity contribution is -0.154. The van der Waals surface area contributed by atoms with E-state index < -0.39 is 59.7 Å². The van der Waals surface area contributed by atoms with Crippen LogP contribution in [-0.4, -0.2) is 142 Å². The molecule has 7 aliphatic rings. The molecule has 0 amide bonds. The molecule has 468 valence electrons. The second-order valence-corrected chi connectivity index (χ2v) is 23.2. The van der Waals surface area contributed by atoms with E-state index in [2.05, 4.69) is 40.2 Å². The van der Waals surface area contributed by atoms with E-state index >= 15 is 0 Å². The van der Waals surface area contributed by atoms with E-state index in [9.17, 15) is 58.2 Å². The number of esters is 8. The Kier molecular flexibility index (Phi) is 25.4. The van der Waals surface area contributed by atoms with Crippen molar-refractivity contribution in [3.05, 3.63) is 58.7 Å². The topological polar surface area (TPSA) is 357 Å². The smallest absolute Gasteiger partial charge is 0.314 e. The monoisotopic (exact) mass is 1190 g/mol. The van der Waals surface area contributed by atoms with Gasteiger partial charge in [-0.15, -0.1) is 0 Å². The molecule has 23 nitrogen and oxygen atoms in total. The fourth-order valence-electron chi connectivity index (χ4n) is 13.7. The van der Waals surface area contributed by atoms with Gasteiger partial charge >= 0.3 is 59.7 Å². The number of carbonyl (C=O) groups is 10. The highest BCUT2D eigenvalue weighted by molar-refractivity contribution is 5.92. The van der Waals surface area contributed by atoms with E-state index in [-0.39, 0.29) is 127 Å². The number of aliphatic hydroxyl groups excluding tert-OH is 4. The van der Waals surface area contributed by atoms with E-state index in [0.29, 0.717) is 47.0 Å². The van der Waals surface area contributed by atoms with Crippen LogP contribution in [0.25, 0.3) is 0 Å². The van der Waals surface area contributed by atoms with Gasteiger partial charge in [0.05, 0.1) is 89.6 Å². The lowest BCUT2D eigenvalue weighted by Gasteiger charge is -2.50. The summed E-state index contributed by atoms with van der Waals surface area (Å²) in [6.07, 6.45) is 10.6. The summed E-state index contributed by atoms with van der Waals surface area (Å²) in [5.41, 5.74) is 5.19. The summed E-state index contributed by atoms with van der Waals surface area (Å²) in [7, 11) is 0. The fraction of sp³-hybridized carbons (Fsp3) is 0.645. The molecule has 0 radical (unpaired) electrons. The molecule has 1 saturated heterocycles. The van der Waals surface area contributed by atoms with Gasteiger partial charge in [0.15, 0.2) is 0 Å². The van der Waals surface area contributed by atoms with Crippen LogP contribution >= 0.6 is 0 Å². The Bertz CT molecular complexity index is 2520. The van der Waals surface area contributed by atoms with Crippen LogP contribution in [0, 0.1) is 34.5 Å². The van der Waals surface area contributed by atoms with E-state index in [0.717, 1.165) is 77.0 Å². The second kappa shape index (κ2) is 32.1. The maximum absolute atomic E-state index is 12.6. The third kappa shape index (κ3) is 19.1. The van der Waals surface area contributed by atoms with Gasteiger partial charge in [0, 0.05) is 0 Å². The summed E-state index contributed by atoms with van der Waals surface area (Å²) in [5, 5.41) is 53.1. The first kappa shape index (κ1) is 67.3. The van der Waals surface area contributed by atoms with Gasteiger partial charge in [0.1, 0.15) is 37.9 Å². The van der Waals surface area contributed by atoms with Crippen molar-refractivity contribution in [2.75, 3.05) is 39.6 Å². The first-order valence-corrected chi connectivity index (χ1v) is 29.6. The lowest BCUT2D eigenvalue weighted by atomic mass is 9.55. The number of carbonyl (C=O) groups excluding carboxylic acids is 8. The fourth-order valence-corrected chi connectivity index (χ4v) is 13.7. The second-order valence-electron chi connectivity index (χ2n) is 23.2. The third-order valence-corrected chi connectivity index (χ3v) is 18.0. The number of ether oxygens (including phenoxy) is 7. The van der Waals surface area contributed by atoms with Crippen LogP contribution < -0.4 is 9.47 Å². The van der Waals surface area contributed by atoms with Crippen LogP contribution in [-0.2, 0) is 84.5 Å². The number of aryl methyl sites for hydroxylation is 2. The molecule has 1 aliphatic heterocycles. The highest BCUT2D eigenvalue weighted by Crippen LogP contribution is 2.62. The van der Waals surface area contributed by atoms with Crippen molar-refractivity contribution in [3.63, 3.8) is 0 Å². The number of benzene rings is 2. The van der Waals surface area contributed by atoms with Crippen molar-refractivity contribution in [3.8, 4) is 11.5 Å².